The highest BCUT2D eigenvalue weighted by molar-refractivity contribution is 5.92. The number of nitrogens with zero attached hydrogens (tertiary/aromatic N) is 1. The molecule has 0 atom stereocenters. The molecule has 0 fully saturated rings. The molecule has 0 saturated heterocycles. The Morgan fingerprint density at radius 1 is 1.20 bits per heavy atom. The molecule has 0 bridgehead atoms. The number of aromatic nitrogens is 1. The van der Waals surface area contributed by atoms with E-state index in [0.29, 0.717) is 11.5 Å². The second-order valence-electron chi connectivity index (χ2n) is 4.67. The number of amides is 1. The van der Waals surface area contributed by atoms with Crippen molar-refractivity contribution in [2.24, 2.45) is 0 Å². The van der Waals surface area contributed by atoms with E-state index in [1.165, 1.54) is 0 Å². The minimum Gasteiger partial charge on any atom is -0.440 e. The molecule has 0 unspecified atom stereocenters. The Bertz CT molecular complexity index is 748. The van der Waals surface area contributed by atoms with Crippen LogP contribution in [0.2, 0.25) is 0 Å². The van der Waals surface area contributed by atoms with Crippen molar-refractivity contribution < 1.29 is 9.21 Å². The quantitative estimate of drug-likeness (QED) is 0.791. The molecule has 3 aromatic rings. The molecule has 0 saturated carbocycles. The van der Waals surface area contributed by atoms with Gasteiger partial charge in [-0.1, -0.05) is 24.3 Å². The predicted molar refractivity (Wildman–Crippen MR) is 77.5 cm³/mol. The van der Waals surface area contributed by atoms with Gasteiger partial charge >= 0.3 is 0 Å². The van der Waals surface area contributed by atoms with Crippen molar-refractivity contribution in [2.45, 2.75) is 13.3 Å². The predicted octanol–water partition coefficient (Wildman–Crippen LogP) is 3.32. The van der Waals surface area contributed by atoms with Crippen molar-refractivity contribution in [3.8, 4) is 0 Å². The lowest BCUT2D eigenvalue weighted by Crippen LogP contribution is -2.14. The highest BCUT2D eigenvalue weighted by Crippen LogP contribution is 2.17. The number of fused-ring (bicyclic) bond motifs is 1. The summed E-state index contributed by atoms with van der Waals surface area (Å²) in [5, 5.41) is 2.81. The van der Waals surface area contributed by atoms with E-state index in [9.17, 15) is 4.79 Å². The van der Waals surface area contributed by atoms with Crippen LogP contribution in [-0.4, -0.2) is 10.9 Å². The molecular weight excluding hydrogens is 252 g/mol. The van der Waals surface area contributed by atoms with Gasteiger partial charge in [0.05, 0.1) is 0 Å². The number of benzene rings is 2. The number of para-hydroxylation sites is 1. The SMILES string of the molecule is Cc1ccc2oc(CC(=O)Nc3ccccc3)nc2c1. The largest absolute Gasteiger partial charge is 0.440 e. The molecule has 1 heterocycles. The van der Waals surface area contributed by atoms with E-state index in [-0.39, 0.29) is 12.3 Å². The molecule has 0 radical (unpaired) electrons. The highest BCUT2D eigenvalue weighted by atomic mass is 16.3. The molecule has 3 rings (SSSR count). The first-order valence-corrected chi connectivity index (χ1v) is 6.42. The van der Waals surface area contributed by atoms with E-state index in [0.717, 1.165) is 16.8 Å². The molecule has 20 heavy (non-hydrogen) atoms. The van der Waals surface area contributed by atoms with E-state index in [2.05, 4.69) is 10.3 Å². The normalized spacial score (nSPS) is 10.7. The van der Waals surface area contributed by atoms with Crippen LogP contribution in [0.4, 0.5) is 5.69 Å². The molecule has 100 valence electrons. The molecule has 1 aromatic heterocycles. The fourth-order valence-corrected chi connectivity index (χ4v) is 2.02. The molecule has 0 aliphatic heterocycles. The average molecular weight is 266 g/mol. The summed E-state index contributed by atoms with van der Waals surface area (Å²) in [5.41, 5.74) is 3.38. The van der Waals surface area contributed by atoms with Gasteiger partial charge in [0.2, 0.25) is 11.8 Å². The second kappa shape index (κ2) is 5.17. The zero-order valence-corrected chi connectivity index (χ0v) is 11.1. The van der Waals surface area contributed by atoms with E-state index in [1.807, 2.05) is 55.5 Å². The Kier molecular flexibility index (Phi) is 3.21. The van der Waals surface area contributed by atoms with Gasteiger partial charge in [-0.3, -0.25) is 4.79 Å². The van der Waals surface area contributed by atoms with Gasteiger partial charge < -0.3 is 9.73 Å². The minimum absolute atomic E-state index is 0.128. The molecule has 2 aromatic carbocycles. The van der Waals surface area contributed by atoms with Crippen LogP contribution >= 0.6 is 0 Å². The molecule has 0 aliphatic rings. The first kappa shape index (κ1) is 12.4. The van der Waals surface area contributed by atoms with Gasteiger partial charge in [-0.2, -0.15) is 0 Å². The topological polar surface area (TPSA) is 55.1 Å². The Hall–Kier alpha value is -2.62. The number of aryl methyl sites for hydroxylation is 1. The highest BCUT2D eigenvalue weighted by Gasteiger charge is 2.10. The van der Waals surface area contributed by atoms with Crippen LogP contribution in [0.1, 0.15) is 11.5 Å². The molecule has 0 spiro atoms. The van der Waals surface area contributed by atoms with Gasteiger partial charge in [-0.15, -0.1) is 0 Å². The Morgan fingerprint density at radius 2 is 2.00 bits per heavy atom. The smallest absolute Gasteiger partial charge is 0.233 e. The van der Waals surface area contributed by atoms with Crippen LogP contribution in [0, 0.1) is 6.92 Å². The molecular formula is C16H14N2O2. The Balaban J connectivity index is 1.74. The monoisotopic (exact) mass is 266 g/mol. The van der Waals surface area contributed by atoms with Gasteiger partial charge in [-0.05, 0) is 36.8 Å². The van der Waals surface area contributed by atoms with E-state index in [1.54, 1.807) is 0 Å². The number of hydrogen-bond acceptors (Lipinski definition) is 3. The Morgan fingerprint density at radius 3 is 2.80 bits per heavy atom. The summed E-state index contributed by atoms with van der Waals surface area (Å²) in [6, 6.07) is 15.1. The lowest BCUT2D eigenvalue weighted by atomic mass is 10.2. The van der Waals surface area contributed by atoms with Crippen molar-refractivity contribution in [3.63, 3.8) is 0 Å². The summed E-state index contributed by atoms with van der Waals surface area (Å²) in [5.74, 6) is 0.290. The third kappa shape index (κ3) is 2.69. The first-order chi connectivity index (χ1) is 9.70. The van der Waals surface area contributed by atoms with Gasteiger partial charge in [-0.25, -0.2) is 4.98 Å². The van der Waals surface area contributed by atoms with Crippen molar-refractivity contribution in [1.82, 2.24) is 4.98 Å². The fraction of sp³-hybridized carbons (Fsp3) is 0.125. The maximum atomic E-state index is 11.9. The summed E-state index contributed by atoms with van der Waals surface area (Å²) in [6.07, 6.45) is 0.128. The number of carbonyl (C=O) groups is 1. The van der Waals surface area contributed by atoms with E-state index >= 15 is 0 Å². The first-order valence-electron chi connectivity index (χ1n) is 6.42. The summed E-state index contributed by atoms with van der Waals surface area (Å²) >= 11 is 0. The molecule has 4 nitrogen and oxygen atoms in total. The second-order valence-corrected chi connectivity index (χ2v) is 4.67. The lowest BCUT2D eigenvalue weighted by molar-refractivity contribution is -0.115. The molecule has 0 aliphatic carbocycles. The van der Waals surface area contributed by atoms with Crippen LogP contribution in [0.25, 0.3) is 11.1 Å². The molecule has 1 amide bonds. The van der Waals surface area contributed by atoms with Gasteiger partial charge in [0.1, 0.15) is 11.9 Å². The van der Waals surface area contributed by atoms with Gasteiger partial charge in [0, 0.05) is 5.69 Å². The maximum Gasteiger partial charge on any atom is 0.233 e. The number of oxazole rings is 1. The number of anilines is 1. The fourth-order valence-electron chi connectivity index (χ4n) is 2.02. The zero-order valence-electron chi connectivity index (χ0n) is 11.1. The van der Waals surface area contributed by atoms with Gasteiger partial charge in [0.15, 0.2) is 5.58 Å². The average Bonchev–Trinajstić information content (AvgIpc) is 2.80. The number of nitrogens with one attached hydrogen (secondary N) is 1. The number of rotatable bonds is 3. The van der Waals surface area contributed by atoms with Crippen LogP contribution in [0.15, 0.2) is 52.9 Å². The third-order valence-corrected chi connectivity index (χ3v) is 2.96. The standard InChI is InChI=1S/C16H14N2O2/c1-11-7-8-14-13(9-11)18-16(20-14)10-15(19)17-12-5-3-2-4-6-12/h2-9H,10H2,1H3,(H,17,19). The van der Waals surface area contributed by atoms with Crippen LogP contribution in [-0.2, 0) is 11.2 Å². The number of carbonyl (C=O) groups excluding carboxylic acids is 1. The summed E-state index contributed by atoms with van der Waals surface area (Å²) < 4.78 is 5.56. The minimum atomic E-state index is -0.139. The summed E-state index contributed by atoms with van der Waals surface area (Å²) in [4.78, 5) is 16.2. The van der Waals surface area contributed by atoms with E-state index < -0.39 is 0 Å². The zero-order chi connectivity index (χ0) is 13.9. The van der Waals surface area contributed by atoms with Gasteiger partial charge in [0.25, 0.3) is 0 Å². The van der Waals surface area contributed by atoms with Crippen LogP contribution in [0.5, 0.6) is 0 Å². The Labute approximate surface area is 116 Å². The van der Waals surface area contributed by atoms with Crippen LogP contribution in [0.3, 0.4) is 0 Å². The maximum absolute atomic E-state index is 11.9. The summed E-state index contributed by atoms with van der Waals surface area (Å²) in [6.45, 7) is 2.00. The molecule has 1 N–H and O–H groups in total. The van der Waals surface area contributed by atoms with Crippen molar-refractivity contribution in [1.29, 1.82) is 0 Å². The van der Waals surface area contributed by atoms with E-state index in [4.69, 9.17) is 4.42 Å². The van der Waals surface area contributed by atoms with Crippen molar-refractivity contribution in [3.05, 3.63) is 60.0 Å². The summed E-state index contributed by atoms with van der Waals surface area (Å²) in [7, 11) is 0. The van der Waals surface area contributed by atoms with Crippen molar-refractivity contribution in [2.75, 3.05) is 5.32 Å². The lowest BCUT2D eigenvalue weighted by Gasteiger charge is -2.02. The third-order valence-electron chi connectivity index (χ3n) is 2.96. The van der Waals surface area contributed by atoms with Crippen LogP contribution < -0.4 is 5.32 Å². The number of hydrogen-bond donors (Lipinski definition) is 1. The van der Waals surface area contributed by atoms with Crippen molar-refractivity contribution >= 4 is 22.7 Å². The molecule has 4 heteroatoms.